The Morgan fingerprint density at radius 3 is 2.48 bits per heavy atom. The van der Waals surface area contributed by atoms with Crippen LogP contribution in [0.15, 0.2) is 60.8 Å². The van der Waals surface area contributed by atoms with Gasteiger partial charge in [0.1, 0.15) is 5.75 Å². The summed E-state index contributed by atoms with van der Waals surface area (Å²) in [6, 6.07) is 17.8. The number of hydrogen-bond acceptors (Lipinski definition) is 4. The molecule has 1 aromatic heterocycles. The number of benzene rings is 2. The molecule has 0 unspecified atom stereocenters. The topological polar surface area (TPSA) is 69.0 Å². The zero-order valence-electron chi connectivity index (χ0n) is 19.2. The van der Waals surface area contributed by atoms with E-state index in [2.05, 4.69) is 15.6 Å². The van der Waals surface area contributed by atoms with Crippen LogP contribution in [0.2, 0.25) is 0 Å². The average Bonchev–Trinajstić information content (AvgIpc) is 3.57. The van der Waals surface area contributed by atoms with Crippen LogP contribution in [0.3, 0.4) is 0 Å². The highest BCUT2D eigenvalue weighted by molar-refractivity contribution is 5.83. The van der Waals surface area contributed by atoms with Crippen LogP contribution < -0.4 is 10.1 Å². The summed E-state index contributed by atoms with van der Waals surface area (Å²) in [4.78, 5) is 13.1. The smallest absolute Gasteiger partial charge is 0.227 e. The van der Waals surface area contributed by atoms with Crippen LogP contribution in [-0.2, 0) is 11.3 Å². The van der Waals surface area contributed by atoms with Crippen molar-refractivity contribution in [3.8, 4) is 5.75 Å². The molecule has 2 saturated carbocycles. The van der Waals surface area contributed by atoms with Gasteiger partial charge in [-0.15, -0.1) is 5.10 Å². The van der Waals surface area contributed by atoms with Gasteiger partial charge in [-0.25, -0.2) is 4.68 Å². The van der Waals surface area contributed by atoms with E-state index in [0.29, 0.717) is 18.4 Å². The third-order valence-corrected chi connectivity index (χ3v) is 6.92. The van der Waals surface area contributed by atoms with Crippen molar-refractivity contribution in [1.82, 2.24) is 20.3 Å². The van der Waals surface area contributed by atoms with Crippen LogP contribution in [0.4, 0.5) is 0 Å². The second kappa shape index (κ2) is 9.77. The van der Waals surface area contributed by atoms with E-state index in [0.717, 1.165) is 29.2 Å². The van der Waals surface area contributed by atoms with Crippen molar-refractivity contribution in [3.05, 3.63) is 77.6 Å². The Bertz CT molecular complexity index is 1060. The number of nitrogens with one attached hydrogen (secondary N) is 1. The third kappa shape index (κ3) is 5.44. The van der Waals surface area contributed by atoms with Gasteiger partial charge < -0.3 is 10.1 Å². The maximum atomic E-state index is 13.1. The SMILES string of the molecule is C[C@H](C(=O)N[C@@H](Cn1cc(C2CC2)nn1)c1ccc(OCC2CCC2)cc1)c1ccccc1. The predicted molar refractivity (Wildman–Crippen MR) is 127 cm³/mol. The standard InChI is InChI=1S/C27H32N4O2/c1-19(21-8-3-2-4-9-21)27(32)28-25(16-31-17-26(29-30-31)23-10-11-23)22-12-14-24(15-13-22)33-18-20-6-5-7-20/h2-4,8-9,12-15,17,19-20,23,25H,5-7,10-11,16,18H2,1H3,(H,28,32)/t19-,25-/m0/s1. The lowest BCUT2D eigenvalue weighted by Gasteiger charge is -2.25. The summed E-state index contributed by atoms with van der Waals surface area (Å²) in [5.74, 6) is 1.89. The molecule has 2 aromatic carbocycles. The Morgan fingerprint density at radius 1 is 1.06 bits per heavy atom. The van der Waals surface area contributed by atoms with Crippen molar-refractivity contribution in [2.75, 3.05) is 6.61 Å². The van der Waals surface area contributed by atoms with Crippen LogP contribution in [0.25, 0.3) is 0 Å². The Labute approximate surface area is 195 Å². The fourth-order valence-corrected chi connectivity index (χ4v) is 4.25. The first-order valence-corrected chi connectivity index (χ1v) is 12.1. The molecule has 3 aromatic rings. The molecule has 2 atom stereocenters. The average molecular weight is 445 g/mol. The van der Waals surface area contributed by atoms with Gasteiger partial charge in [-0.3, -0.25) is 4.79 Å². The zero-order valence-corrected chi connectivity index (χ0v) is 19.2. The molecule has 1 amide bonds. The number of carbonyl (C=O) groups is 1. The Morgan fingerprint density at radius 2 is 1.82 bits per heavy atom. The molecule has 0 saturated heterocycles. The summed E-state index contributed by atoms with van der Waals surface area (Å²) in [5, 5.41) is 11.9. The molecule has 1 heterocycles. The first-order valence-electron chi connectivity index (χ1n) is 12.1. The molecule has 0 spiro atoms. The van der Waals surface area contributed by atoms with Crippen LogP contribution in [0.1, 0.15) is 73.7 Å². The van der Waals surface area contributed by atoms with Crippen LogP contribution in [-0.4, -0.2) is 27.5 Å². The van der Waals surface area contributed by atoms with Gasteiger partial charge in [-0.05, 0) is 61.8 Å². The van der Waals surface area contributed by atoms with Gasteiger partial charge in [0.25, 0.3) is 0 Å². The first-order chi connectivity index (χ1) is 16.2. The highest BCUT2D eigenvalue weighted by Crippen LogP contribution is 2.38. The van der Waals surface area contributed by atoms with Gasteiger partial charge in [-0.2, -0.15) is 0 Å². The third-order valence-electron chi connectivity index (χ3n) is 6.92. The zero-order chi connectivity index (χ0) is 22.6. The molecule has 6 heteroatoms. The molecule has 0 aliphatic heterocycles. The molecule has 33 heavy (non-hydrogen) atoms. The minimum atomic E-state index is -0.239. The fraction of sp³-hybridized carbons (Fsp3) is 0.444. The second-order valence-corrected chi connectivity index (χ2v) is 9.51. The monoisotopic (exact) mass is 444 g/mol. The molecule has 0 bridgehead atoms. The summed E-state index contributed by atoms with van der Waals surface area (Å²) in [6.07, 6.45) is 8.26. The van der Waals surface area contributed by atoms with Crippen molar-refractivity contribution in [2.45, 2.75) is 63.5 Å². The number of nitrogens with zero attached hydrogens (tertiary/aromatic N) is 3. The van der Waals surface area contributed by atoms with E-state index < -0.39 is 0 Å². The van der Waals surface area contributed by atoms with Gasteiger partial charge in [0.05, 0.1) is 30.8 Å². The molecular formula is C27H32N4O2. The van der Waals surface area contributed by atoms with E-state index in [-0.39, 0.29) is 17.9 Å². The van der Waals surface area contributed by atoms with Gasteiger partial charge in [0, 0.05) is 12.1 Å². The van der Waals surface area contributed by atoms with Crippen molar-refractivity contribution in [3.63, 3.8) is 0 Å². The quantitative estimate of drug-likeness (QED) is 0.478. The molecule has 1 N–H and O–H groups in total. The van der Waals surface area contributed by atoms with E-state index >= 15 is 0 Å². The molecule has 2 aliphatic rings. The van der Waals surface area contributed by atoms with Crippen LogP contribution >= 0.6 is 0 Å². The van der Waals surface area contributed by atoms with Gasteiger partial charge in [-0.1, -0.05) is 54.1 Å². The van der Waals surface area contributed by atoms with E-state index in [1.807, 2.05) is 72.4 Å². The molecule has 2 aliphatic carbocycles. The second-order valence-electron chi connectivity index (χ2n) is 9.51. The van der Waals surface area contributed by atoms with E-state index in [4.69, 9.17) is 4.74 Å². The van der Waals surface area contributed by atoms with E-state index in [1.54, 1.807) is 0 Å². The minimum absolute atomic E-state index is 0.000887. The summed E-state index contributed by atoms with van der Waals surface area (Å²) in [5.41, 5.74) is 3.09. The van der Waals surface area contributed by atoms with Crippen molar-refractivity contribution in [2.24, 2.45) is 5.92 Å². The normalized spacial score (nSPS) is 17.7. The molecule has 0 radical (unpaired) electrons. The van der Waals surface area contributed by atoms with Gasteiger partial charge in [0.15, 0.2) is 0 Å². The lowest BCUT2D eigenvalue weighted by Crippen LogP contribution is -2.34. The lowest BCUT2D eigenvalue weighted by molar-refractivity contribution is -0.123. The Kier molecular flexibility index (Phi) is 6.42. The molecule has 5 rings (SSSR count). The summed E-state index contributed by atoms with van der Waals surface area (Å²) in [7, 11) is 0. The number of rotatable bonds is 10. The van der Waals surface area contributed by atoms with Crippen molar-refractivity contribution in [1.29, 1.82) is 0 Å². The highest BCUT2D eigenvalue weighted by atomic mass is 16.5. The van der Waals surface area contributed by atoms with Gasteiger partial charge in [0.2, 0.25) is 5.91 Å². The van der Waals surface area contributed by atoms with Crippen molar-refractivity contribution >= 4 is 5.91 Å². The van der Waals surface area contributed by atoms with Crippen LogP contribution in [0, 0.1) is 5.92 Å². The number of amides is 1. The predicted octanol–water partition coefficient (Wildman–Crippen LogP) is 5.00. The summed E-state index contributed by atoms with van der Waals surface area (Å²) >= 11 is 0. The van der Waals surface area contributed by atoms with E-state index in [1.165, 1.54) is 32.1 Å². The summed E-state index contributed by atoms with van der Waals surface area (Å²) in [6.45, 7) is 3.27. The number of ether oxygens (including phenoxy) is 1. The van der Waals surface area contributed by atoms with Crippen LogP contribution in [0.5, 0.6) is 5.75 Å². The van der Waals surface area contributed by atoms with Gasteiger partial charge >= 0.3 is 0 Å². The minimum Gasteiger partial charge on any atom is -0.493 e. The molecule has 2 fully saturated rings. The maximum Gasteiger partial charge on any atom is 0.227 e. The molecule has 172 valence electrons. The fourth-order valence-electron chi connectivity index (χ4n) is 4.25. The van der Waals surface area contributed by atoms with Crippen molar-refractivity contribution < 1.29 is 9.53 Å². The van der Waals surface area contributed by atoms with E-state index in [9.17, 15) is 4.79 Å². The highest BCUT2D eigenvalue weighted by Gasteiger charge is 2.27. The maximum absolute atomic E-state index is 13.1. The Balaban J connectivity index is 1.30. The number of carbonyl (C=O) groups excluding carboxylic acids is 1. The summed E-state index contributed by atoms with van der Waals surface area (Å²) < 4.78 is 7.82. The number of aromatic nitrogens is 3. The lowest BCUT2D eigenvalue weighted by atomic mass is 9.86. The molecule has 6 nitrogen and oxygen atoms in total. The number of hydrogen-bond donors (Lipinski definition) is 1. The first kappa shape index (κ1) is 21.7. The molecular weight excluding hydrogens is 412 g/mol. The Hall–Kier alpha value is -3.15. The largest absolute Gasteiger partial charge is 0.493 e.